The summed E-state index contributed by atoms with van der Waals surface area (Å²) in [4.78, 5) is 27.0. The molecule has 32 heavy (non-hydrogen) atoms. The van der Waals surface area contributed by atoms with E-state index in [1.807, 2.05) is 12.1 Å². The molecule has 0 atom stereocenters. The zero-order valence-corrected chi connectivity index (χ0v) is 17.5. The number of halogens is 4. The Bertz CT molecular complexity index is 1160. The summed E-state index contributed by atoms with van der Waals surface area (Å²) in [6.07, 6.45) is -4.46. The van der Waals surface area contributed by atoms with Gasteiger partial charge in [0.1, 0.15) is 5.69 Å². The number of hydrogen-bond donors (Lipinski definition) is 1. The predicted molar refractivity (Wildman–Crippen MR) is 111 cm³/mol. The number of carbonyl (C=O) groups is 2. The van der Waals surface area contributed by atoms with Crippen LogP contribution >= 0.6 is 11.6 Å². The van der Waals surface area contributed by atoms with Crippen molar-refractivity contribution in [3.63, 3.8) is 0 Å². The summed E-state index contributed by atoms with van der Waals surface area (Å²) in [5.41, 5.74) is 0.772. The summed E-state index contributed by atoms with van der Waals surface area (Å²) in [6, 6.07) is 13.3. The molecule has 1 N–H and O–H groups in total. The Balaban J connectivity index is 1.42. The van der Waals surface area contributed by atoms with E-state index in [-0.39, 0.29) is 23.8 Å². The molecular weight excluding hydrogens is 445 g/mol. The second-order valence-corrected chi connectivity index (χ2v) is 7.81. The quantitative estimate of drug-likeness (QED) is 0.619. The molecule has 0 radical (unpaired) electrons. The summed E-state index contributed by atoms with van der Waals surface area (Å²) in [5.74, 6) is -0.822. The molecule has 0 fully saturated rings. The number of carbonyl (C=O) groups excluding carboxylic acids is 2. The van der Waals surface area contributed by atoms with Gasteiger partial charge in [-0.1, -0.05) is 35.9 Å². The molecule has 0 saturated heterocycles. The summed E-state index contributed by atoms with van der Waals surface area (Å²) in [5, 5.41) is 7.35. The van der Waals surface area contributed by atoms with E-state index in [9.17, 15) is 22.8 Å². The molecule has 0 bridgehead atoms. The van der Waals surface area contributed by atoms with Gasteiger partial charge in [-0.2, -0.15) is 18.3 Å². The number of amides is 2. The topological polar surface area (TPSA) is 67.2 Å². The summed E-state index contributed by atoms with van der Waals surface area (Å²) in [7, 11) is 0. The van der Waals surface area contributed by atoms with Gasteiger partial charge in [0.15, 0.2) is 5.69 Å². The van der Waals surface area contributed by atoms with Crippen molar-refractivity contribution in [1.82, 2.24) is 20.0 Å². The van der Waals surface area contributed by atoms with Crippen molar-refractivity contribution in [3.05, 3.63) is 87.7 Å². The molecule has 0 aliphatic carbocycles. The number of fused-ring (bicyclic) bond motifs is 1. The van der Waals surface area contributed by atoms with Crippen LogP contribution < -0.4 is 5.32 Å². The molecule has 0 spiro atoms. The Hall–Kier alpha value is -3.33. The van der Waals surface area contributed by atoms with E-state index in [0.29, 0.717) is 30.2 Å². The van der Waals surface area contributed by atoms with Crippen LogP contribution in [0.25, 0.3) is 0 Å². The highest BCUT2D eigenvalue weighted by molar-refractivity contribution is 6.30. The van der Waals surface area contributed by atoms with Gasteiger partial charge in [-0.3, -0.25) is 14.3 Å². The third kappa shape index (κ3) is 4.77. The second kappa shape index (κ2) is 8.66. The highest BCUT2D eigenvalue weighted by atomic mass is 35.5. The number of hydrogen-bond acceptors (Lipinski definition) is 3. The van der Waals surface area contributed by atoms with E-state index in [0.717, 1.165) is 17.7 Å². The molecule has 0 saturated carbocycles. The highest BCUT2D eigenvalue weighted by Crippen LogP contribution is 2.29. The van der Waals surface area contributed by atoms with Crippen LogP contribution in [0.15, 0.2) is 54.6 Å². The molecule has 166 valence electrons. The summed E-state index contributed by atoms with van der Waals surface area (Å²) < 4.78 is 40.0. The van der Waals surface area contributed by atoms with Crippen LogP contribution in [0.4, 0.5) is 13.2 Å². The first kappa shape index (κ1) is 21.9. The van der Waals surface area contributed by atoms with Gasteiger partial charge in [-0.15, -0.1) is 0 Å². The number of alkyl halides is 3. The molecule has 1 aromatic heterocycles. The maximum Gasteiger partial charge on any atom is 0.416 e. The summed E-state index contributed by atoms with van der Waals surface area (Å²) >= 11 is 5.89. The minimum absolute atomic E-state index is 0.0358. The molecule has 2 aromatic carbocycles. The van der Waals surface area contributed by atoms with Crippen LogP contribution in [-0.4, -0.2) is 33.0 Å². The first-order chi connectivity index (χ1) is 15.2. The Morgan fingerprint density at radius 1 is 1.06 bits per heavy atom. The van der Waals surface area contributed by atoms with Crippen LogP contribution in [0.3, 0.4) is 0 Å². The Labute approximate surface area is 186 Å². The molecule has 10 heteroatoms. The monoisotopic (exact) mass is 462 g/mol. The molecule has 1 aliphatic heterocycles. The van der Waals surface area contributed by atoms with Crippen molar-refractivity contribution in [2.24, 2.45) is 0 Å². The van der Waals surface area contributed by atoms with Gasteiger partial charge >= 0.3 is 6.18 Å². The molecule has 2 heterocycles. The highest BCUT2D eigenvalue weighted by Gasteiger charge is 2.30. The van der Waals surface area contributed by atoms with Crippen LogP contribution in [0.2, 0.25) is 5.02 Å². The van der Waals surface area contributed by atoms with Crippen molar-refractivity contribution < 1.29 is 22.8 Å². The van der Waals surface area contributed by atoms with Crippen LogP contribution in [0.5, 0.6) is 0 Å². The largest absolute Gasteiger partial charge is 0.416 e. The van der Waals surface area contributed by atoms with Gasteiger partial charge in [-0.25, -0.2) is 0 Å². The van der Waals surface area contributed by atoms with Crippen molar-refractivity contribution >= 4 is 23.4 Å². The van der Waals surface area contributed by atoms with Crippen LogP contribution in [0, 0.1) is 0 Å². The van der Waals surface area contributed by atoms with Gasteiger partial charge in [0.2, 0.25) is 0 Å². The van der Waals surface area contributed by atoms with E-state index in [1.54, 1.807) is 17.0 Å². The minimum atomic E-state index is -4.46. The third-order valence-electron chi connectivity index (χ3n) is 5.09. The molecule has 2 amide bonds. The SMILES string of the molecule is O=C(NCc1cccc(C(F)(F)F)c1)c1cc2n(n1)CCN(Cc1ccc(Cl)cc1)C2=O. The maximum atomic E-state index is 12.8. The summed E-state index contributed by atoms with van der Waals surface area (Å²) in [6.45, 7) is 1.16. The van der Waals surface area contributed by atoms with Gasteiger partial charge < -0.3 is 10.2 Å². The zero-order valence-electron chi connectivity index (χ0n) is 16.7. The van der Waals surface area contributed by atoms with Gasteiger partial charge in [0, 0.05) is 30.7 Å². The Kier molecular flexibility index (Phi) is 5.92. The first-order valence-corrected chi connectivity index (χ1v) is 10.1. The van der Waals surface area contributed by atoms with Crippen LogP contribution in [-0.2, 0) is 25.8 Å². The average Bonchev–Trinajstić information content (AvgIpc) is 3.20. The molecule has 1 aliphatic rings. The number of rotatable bonds is 5. The lowest BCUT2D eigenvalue weighted by atomic mass is 10.1. The smallest absolute Gasteiger partial charge is 0.347 e. The second-order valence-electron chi connectivity index (χ2n) is 7.37. The van der Waals surface area contributed by atoms with E-state index < -0.39 is 17.6 Å². The Morgan fingerprint density at radius 3 is 2.53 bits per heavy atom. The fourth-order valence-corrected chi connectivity index (χ4v) is 3.57. The normalized spacial score (nSPS) is 13.8. The fraction of sp³-hybridized carbons (Fsp3) is 0.227. The lowest BCUT2D eigenvalue weighted by molar-refractivity contribution is -0.137. The molecule has 4 rings (SSSR count). The molecule has 0 unspecified atom stereocenters. The molecule has 3 aromatic rings. The van der Waals surface area contributed by atoms with Gasteiger partial charge in [0.25, 0.3) is 11.8 Å². The number of benzene rings is 2. The van der Waals surface area contributed by atoms with Crippen molar-refractivity contribution in [3.8, 4) is 0 Å². The van der Waals surface area contributed by atoms with Gasteiger partial charge in [-0.05, 0) is 35.4 Å². The lowest BCUT2D eigenvalue weighted by Gasteiger charge is -2.27. The zero-order chi connectivity index (χ0) is 22.9. The van der Waals surface area contributed by atoms with Crippen molar-refractivity contribution in [1.29, 1.82) is 0 Å². The number of nitrogens with zero attached hydrogens (tertiary/aromatic N) is 3. The average molecular weight is 463 g/mol. The third-order valence-corrected chi connectivity index (χ3v) is 5.35. The van der Waals surface area contributed by atoms with E-state index >= 15 is 0 Å². The van der Waals surface area contributed by atoms with E-state index in [4.69, 9.17) is 11.6 Å². The fourth-order valence-electron chi connectivity index (χ4n) is 3.44. The number of nitrogens with one attached hydrogen (secondary N) is 1. The Morgan fingerprint density at radius 2 is 1.81 bits per heavy atom. The van der Waals surface area contributed by atoms with E-state index in [2.05, 4.69) is 10.4 Å². The predicted octanol–water partition coefficient (Wildman–Crippen LogP) is 4.14. The van der Waals surface area contributed by atoms with Crippen molar-refractivity contribution in [2.75, 3.05) is 6.54 Å². The van der Waals surface area contributed by atoms with Crippen molar-refractivity contribution in [2.45, 2.75) is 25.8 Å². The van der Waals surface area contributed by atoms with E-state index in [1.165, 1.54) is 22.9 Å². The minimum Gasteiger partial charge on any atom is -0.347 e. The molecular formula is C22H18ClF3N4O2. The van der Waals surface area contributed by atoms with Gasteiger partial charge in [0.05, 0.1) is 12.1 Å². The maximum absolute atomic E-state index is 12.8. The standard InChI is InChI=1S/C22H18ClF3N4O2/c23-17-6-4-14(5-7-17)13-29-8-9-30-19(21(29)32)11-18(28-30)20(31)27-12-15-2-1-3-16(10-15)22(24,25)26/h1-7,10-11H,8-9,12-13H2,(H,27,31). The lowest BCUT2D eigenvalue weighted by Crippen LogP contribution is -2.39. The molecule has 6 nitrogen and oxygen atoms in total. The number of aromatic nitrogens is 2. The van der Waals surface area contributed by atoms with Crippen LogP contribution in [0.1, 0.15) is 37.7 Å². The first-order valence-electron chi connectivity index (χ1n) is 9.76.